The van der Waals surface area contributed by atoms with Crippen LogP contribution in [-0.2, 0) is 9.84 Å². The molecule has 1 amide bonds. The summed E-state index contributed by atoms with van der Waals surface area (Å²) in [5, 5.41) is 8.79. The lowest BCUT2D eigenvalue weighted by atomic mass is 10.3. The summed E-state index contributed by atoms with van der Waals surface area (Å²) in [6.07, 6.45) is 0.987. The summed E-state index contributed by atoms with van der Waals surface area (Å²) in [6, 6.07) is 1.76. The standard InChI is InChI=1S/C7H5IN2O3S2/c1-15(12,13)7-3(2-9)4(8)5(14-7)6(10)11/h1H3,(H2,10,11). The van der Waals surface area contributed by atoms with Crippen LogP contribution in [0.1, 0.15) is 15.2 Å². The van der Waals surface area contributed by atoms with Crippen molar-refractivity contribution in [3.63, 3.8) is 0 Å². The normalized spacial score (nSPS) is 11.0. The zero-order chi connectivity index (χ0) is 11.8. The van der Waals surface area contributed by atoms with Crippen molar-refractivity contribution in [3.05, 3.63) is 14.0 Å². The van der Waals surface area contributed by atoms with E-state index in [1.807, 2.05) is 0 Å². The number of carbonyl (C=O) groups excluding carboxylic acids is 1. The van der Waals surface area contributed by atoms with Crippen LogP contribution in [0.15, 0.2) is 4.21 Å². The van der Waals surface area contributed by atoms with Crippen molar-refractivity contribution in [2.45, 2.75) is 4.21 Å². The number of nitrogens with two attached hydrogens (primary N) is 1. The third kappa shape index (κ3) is 2.30. The van der Waals surface area contributed by atoms with Crippen LogP contribution < -0.4 is 5.73 Å². The SMILES string of the molecule is CS(=O)(=O)c1sc(C(N)=O)c(I)c1C#N. The lowest BCUT2D eigenvalue weighted by Gasteiger charge is -1.91. The molecule has 2 N–H and O–H groups in total. The van der Waals surface area contributed by atoms with Crippen molar-refractivity contribution in [1.29, 1.82) is 5.26 Å². The van der Waals surface area contributed by atoms with Gasteiger partial charge in [0.1, 0.15) is 15.2 Å². The zero-order valence-corrected chi connectivity index (χ0v) is 11.2. The first kappa shape index (κ1) is 12.4. The van der Waals surface area contributed by atoms with Crippen LogP contribution in [0.4, 0.5) is 0 Å². The van der Waals surface area contributed by atoms with Crippen LogP contribution in [0.5, 0.6) is 0 Å². The van der Waals surface area contributed by atoms with E-state index in [0.29, 0.717) is 3.57 Å². The number of nitrogens with zero attached hydrogens (tertiary/aromatic N) is 1. The van der Waals surface area contributed by atoms with Crippen molar-refractivity contribution < 1.29 is 13.2 Å². The van der Waals surface area contributed by atoms with E-state index in [-0.39, 0.29) is 14.6 Å². The number of hydrogen-bond donors (Lipinski definition) is 1. The molecule has 0 aliphatic heterocycles. The van der Waals surface area contributed by atoms with Gasteiger partial charge in [-0.2, -0.15) is 5.26 Å². The predicted octanol–water partition coefficient (Wildman–Crippen LogP) is 0.727. The molecule has 0 spiro atoms. The fraction of sp³-hybridized carbons (Fsp3) is 0.143. The maximum absolute atomic E-state index is 11.3. The smallest absolute Gasteiger partial charge is 0.259 e. The van der Waals surface area contributed by atoms with Gasteiger partial charge in [-0.15, -0.1) is 11.3 Å². The molecule has 1 aromatic rings. The van der Waals surface area contributed by atoms with Gasteiger partial charge in [0.25, 0.3) is 5.91 Å². The number of thiophene rings is 1. The molecule has 8 heteroatoms. The molecule has 1 aromatic heterocycles. The summed E-state index contributed by atoms with van der Waals surface area (Å²) in [4.78, 5) is 11.1. The molecule has 5 nitrogen and oxygen atoms in total. The highest BCUT2D eigenvalue weighted by atomic mass is 127. The van der Waals surface area contributed by atoms with E-state index in [2.05, 4.69) is 0 Å². The number of carbonyl (C=O) groups is 1. The Morgan fingerprint density at radius 1 is 1.60 bits per heavy atom. The lowest BCUT2D eigenvalue weighted by molar-refractivity contribution is 0.100. The van der Waals surface area contributed by atoms with Crippen LogP contribution in [-0.4, -0.2) is 20.6 Å². The van der Waals surface area contributed by atoms with E-state index in [1.165, 1.54) is 0 Å². The second-order valence-electron chi connectivity index (χ2n) is 2.66. The van der Waals surface area contributed by atoms with Crippen molar-refractivity contribution in [2.24, 2.45) is 5.73 Å². The fourth-order valence-electron chi connectivity index (χ4n) is 0.906. The summed E-state index contributed by atoms with van der Waals surface area (Å²) in [6.45, 7) is 0. The van der Waals surface area contributed by atoms with Gasteiger partial charge < -0.3 is 5.73 Å². The Morgan fingerprint density at radius 3 is 2.40 bits per heavy atom. The Morgan fingerprint density at radius 2 is 2.13 bits per heavy atom. The number of nitriles is 1. The first-order valence-corrected chi connectivity index (χ1v) is 7.30. The molecule has 1 rings (SSSR count). The molecule has 0 atom stereocenters. The topological polar surface area (TPSA) is 101 Å². The Labute approximate surface area is 104 Å². The molecule has 80 valence electrons. The third-order valence-electron chi connectivity index (χ3n) is 1.49. The Balaban J connectivity index is 3.65. The molecule has 15 heavy (non-hydrogen) atoms. The summed E-state index contributed by atoms with van der Waals surface area (Å²) in [7, 11) is -3.50. The van der Waals surface area contributed by atoms with Gasteiger partial charge in [-0.05, 0) is 22.6 Å². The van der Waals surface area contributed by atoms with Gasteiger partial charge >= 0.3 is 0 Å². The second-order valence-corrected chi connectivity index (χ2v) is 6.97. The Hall–Kier alpha value is -0.660. The maximum atomic E-state index is 11.3. The van der Waals surface area contributed by atoms with Crippen molar-refractivity contribution in [1.82, 2.24) is 0 Å². The molecule has 0 saturated heterocycles. The van der Waals surface area contributed by atoms with Gasteiger partial charge in [0.15, 0.2) is 9.84 Å². The van der Waals surface area contributed by atoms with Crippen molar-refractivity contribution in [3.8, 4) is 6.07 Å². The average molecular weight is 356 g/mol. The third-order valence-corrected chi connectivity index (χ3v) is 5.97. The van der Waals surface area contributed by atoms with E-state index in [1.54, 1.807) is 28.7 Å². The van der Waals surface area contributed by atoms with Gasteiger partial charge in [0.05, 0.1) is 9.13 Å². The Bertz CT molecular complexity index is 568. The molecule has 0 aliphatic rings. The molecule has 0 aliphatic carbocycles. The highest BCUT2D eigenvalue weighted by Crippen LogP contribution is 2.32. The summed E-state index contributed by atoms with van der Waals surface area (Å²) >= 11 is 2.47. The molecule has 0 saturated carbocycles. The van der Waals surface area contributed by atoms with Gasteiger partial charge in [0.2, 0.25) is 0 Å². The van der Waals surface area contributed by atoms with Crippen LogP contribution in [0.25, 0.3) is 0 Å². The van der Waals surface area contributed by atoms with E-state index in [4.69, 9.17) is 11.0 Å². The number of hydrogen-bond acceptors (Lipinski definition) is 5. The van der Waals surface area contributed by atoms with E-state index >= 15 is 0 Å². The number of primary amides is 1. The molecule has 0 fully saturated rings. The van der Waals surface area contributed by atoms with Crippen LogP contribution in [0.2, 0.25) is 0 Å². The van der Waals surface area contributed by atoms with E-state index in [9.17, 15) is 13.2 Å². The molecule has 0 unspecified atom stereocenters. The minimum Gasteiger partial charge on any atom is -0.365 e. The highest BCUT2D eigenvalue weighted by molar-refractivity contribution is 14.1. The average Bonchev–Trinajstić information content (AvgIpc) is 2.41. The first-order valence-electron chi connectivity index (χ1n) is 3.51. The molecule has 0 aromatic carbocycles. The number of sulfone groups is 1. The highest BCUT2D eigenvalue weighted by Gasteiger charge is 2.25. The summed E-state index contributed by atoms with van der Waals surface area (Å²) in [5.41, 5.74) is 5.05. The number of amides is 1. The molecular formula is C7H5IN2O3S2. The maximum Gasteiger partial charge on any atom is 0.259 e. The van der Waals surface area contributed by atoms with Crippen molar-refractivity contribution >= 4 is 49.7 Å². The number of rotatable bonds is 2. The van der Waals surface area contributed by atoms with Gasteiger partial charge in [-0.25, -0.2) is 8.42 Å². The minimum absolute atomic E-state index is 0.00287. The monoisotopic (exact) mass is 356 g/mol. The quantitative estimate of drug-likeness (QED) is 0.790. The van der Waals surface area contributed by atoms with Gasteiger partial charge in [0, 0.05) is 6.26 Å². The molecular weight excluding hydrogens is 351 g/mol. The minimum atomic E-state index is -3.50. The van der Waals surface area contributed by atoms with Gasteiger partial charge in [-0.1, -0.05) is 0 Å². The van der Waals surface area contributed by atoms with Crippen LogP contribution in [0.3, 0.4) is 0 Å². The predicted molar refractivity (Wildman–Crippen MR) is 63.4 cm³/mol. The first-order chi connectivity index (χ1) is 6.79. The zero-order valence-electron chi connectivity index (χ0n) is 7.44. The van der Waals surface area contributed by atoms with Crippen molar-refractivity contribution in [2.75, 3.05) is 6.26 Å². The molecule has 0 bridgehead atoms. The fourth-order valence-corrected chi connectivity index (χ4v) is 4.36. The van der Waals surface area contributed by atoms with E-state index < -0.39 is 15.7 Å². The summed E-state index contributed by atoms with van der Waals surface area (Å²) < 4.78 is 22.8. The Kier molecular flexibility index (Phi) is 3.37. The summed E-state index contributed by atoms with van der Waals surface area (Å²) in [5.74, 6) is -0.726. The van der Waals surface area contributed by atoms with Gasteiger partial charge in [-0.3, -0.25) is 4.79 Å². The second kappa shape index (κ2) is 4.07. The largest absolute Gasteiger partial charge is 0.365 e. The number of halogens is 1. The molecule has 0 radical (unpaired) electrons. The van der Waals surface area contributed by atoms with Crippen LogP contribution in [0, 0.1) is 14.9 Å². The molecule has 1 heterocycles. The lowest BCUT2D eigenvalue weighted by Crippen LogP contribution is -2.10. The van der Waals surface area contributed by atoms with Crippen LogP contribution >= 0.6 is 33.9 Å². The van der Waals surface area contributed by atoms with E-state index in [0.717, 1.165) is 17.6 Å².